The predicted molar refractivity (Wildman–Crippen MR) is 98.0 cm³/mol. The van der Waals surface area contributed by atoms with Crippen molar-refractivity contribution in [1.82, 2.24) is 4.90 Å². The van der Waals surface area contributed by atoms with Crippen molar-refractivity contribution in [2.24, 2.45) is 5.41 Å². The fraction of sp³-hybridized carbons (Fsp3) is 0.526. The predicted octanol–water partition coefficient (Wildman–Crippen LogP) is 1.95. The highest BCUT2D eigenvalue weighted by Crippen LogP contribution is 2.36. The number of alkyl halides is 3. The third kappa shape index (κ3) is 6.90. The zero-order valence-electron chi connectivity index (χ0n) is 16.3. The Kier molecular flexibility index (Phi) is 9.09. The minimum atomic E-state index is -4.46. The zero-order chi connectivity index (χ0) is 22.9. The van der Waals surface area contributed by atoms with Crippen LogP contribution in [-0.4, -0.2) is 71.0 Å². The van der Waals surface area contributed by atoms with Crippen LogP contribution in [-0.2, 0) is 20.8 Å². The van der Waals surface area contributed by atoms with Gasteiger partial charge in [0.05, 0.1) is 19.6 Å². The molecule has 0 aromatic heterocycles. The van der Waals surface area contributed by atoms with Crippen molar-refractivity contribution in [3.8, 4) is 5.75 Å². The highest BCUT2D eigenvalue weighted by atomic mass is 19.4. The molecule has 1 aromatic rings. The van der Waals surface area contributed by atoms with E-state index in [9.17, 15) is 33.0 Å². The Morgan fingerprint density at radius 2 is 2.00 bits per heavy atom. The molecule has 8 nitrogen and oxygen atoms in total. The number of nitrogens with zero attached hydrogens (tertiary/aromatic N) is 1. The normalized spacial score (nSPS) is 21.2. The van der Waals surface area contributed by atoms with Crippen molar-refractivity contribution in [2.45, 2.75) is 38.0 Å². The second-order valence-electron chi connectivity index (χ2n) is 6.83. The molecule has 1 heterocycles. The van der Waals surface area contributed by atoms with Gasteiger partial charge < -0.3 is 25.0 Å². The molecule has 1 aromatic carbocycles. The van der Waals surface area contributed by atoms with Gasteiger partial charge in [0.25, 0.3) is 6.47 Å². The Labute approximate surface area is 170 Å². The van der Waals surface area contributed by atoms with Crippen molar-refractivity contribution < 1.29 is 47.6 Å². The average Bonchev–Trinajstić information content (AvgIpc) is 2.68. The summed E-state index contributed by atoms with van der Waals surface area (Å²) in [6, 6.07) is 6.65. The number of carbonyl (C=O) groups is 3. The first-order valence-electron chi connectivity index (χ1n) is 8.96. The molecule has 1 saturated heterocycles. The smallest absolute Gasteiger partial charge is 0.389 e. The average molecular weight is 435 g/mol. The van der Waals surface area contributed by atoms with Gasteiger partial charge in [0.1, 0.15) is 11.2 Å². The second kappa shape index (κ2) is 10.8. The van der Waals surface area contributed by atoms with E-state index in [-0.39, 0.29) is 32.4 Å². The van der Waals surface area contributed by atoms with E-state index in [1.807, 2.05) is 0 Å². The van der Waals surface area contributed by atoms with Crippen molar-refractivity contribution in [1.29, 1.82) is 0 Å². The molecule has 0 bridgehead atoms. The standard InChI is InChI=1S/C18H22F3NO5.CH2O2/c1-27-13-4-2-3-12(9-13)10-17(16(25)26)11-22(8-6-14(17)23)15(24)5-7-18(19,20)21;2-1-3/h2-4,9,14,23H,5-8,10-11H2,1H3,(H,25,26);1H,(H,2,3)/t14-,17+;/m0./s1. The van der Waals surface area contributed by atoms with Crippen LogP contribution in [0.15, 0.2) is 24.3 Å². The van der Waals surface area contributed by atoms with Crippen LogP contribution >= 0.6 is 0 Å². The number of hydrogen-bond donors (Lipinski definition) is 3. The summed E-state index contributed by atoms with van der Waals surface area (Å²) in [4.78, 5) is 33.6. The topological polar surface area (TPSA) is 124 Å². The number of hydrogen-bond acceptors (Lipinski definition) is 5. The third-order valence-electron chi connectivity index (χ3n) is 4.84. The van der Waals surface area contributed by atoms with E-state index in [1.54, 1.807) is 24.3 Å². The van der Waals surface area contributed by atoms with Gasteiger partial charge in [-0.05, 0) is 30.5 Å². The lowest BCUT2D eigenvalue weighted by atomic mass is 9.72. The molecule has 0 radical (unpaired) electrons. The van der Waals surface area contributed by atoms with Gasteiger partial charge in [0.15, 0.2) is 0 Å². The monoisotopic (exact) mass is 435 g/mol. The van der Waals surface area contributed by atoms with Gasteiger partial charge in [-0.25, -0.2) is 0 Å². The van der Waals surface area contributed by atoms with E-state index in [4.69, 9.17) is 14.6 Å². The maximum atomic E-state index is 12.4. The van der Waals surface area contributed by atoms with Crippen LogP contribution in [0.5, 0.6) is 5.75 Å². The van der Waals surface area contributed by atoms with Crippen molar-refractivity contribution in [3.05, 3.63) is 29.8 Å². The number of carboxylic acids is 1. The number of aliphatic hydroxyl groups excluding tert-OH is 1. The first-order valence-corrected chi connectivity index (χ1v) is 8.96. The fourth-order valence-electron chi connectivity index (χ4n) is 3.31. The molecule has 1 aliphatic heterocycles. The van der Waals surface area contributed by atoms with Crippen molar-refractivity contribution in [3.63, 3.8) is 0 Å². The molecule has 3 N–H and O–H groups in total. The van der Waals surface area contributed by atoms with Crippen LogP contribution < -0.4 is 4.74 Å². The highest BCUT2D eigenvalue weighted by Gasteiger charge is 2.50. The van der Waals surface area contributed by atoms with Gasteiger partial charge in [0.2, 0.25) is 5.91 Å². The number of likely N-dealkylation sites (tertiary alicyclic amines) is 1. The van der Waals surface area contributed by atoms with Crippen LogP contribution in [0.2, 0.25) is 0 Å². The van der Waals surface area contributed by atoms with Crippen molar-refractivity contribution >= 4 is 18.3 Å². The minimum Gasteiger partial charge on any atom is -0.497 e. The lowest BCUT2D eigenvalue weighted by molar-refractivity contribution is -0.168. The summed E-state index contributed by atoms with van der Waals surface area (Å²) < 4.78 is 42.2. The van der Waals surface area contributed by atoms with Gasteiger partial charge in [-0.3, -0.25) is 14.4 Å². The van der Waals surface area contributed by atoms with E-state index in [0.717, 1.165) is 4.90 Å². The molecule has 168 valence electrons. The first kappa shape index (κ1) is 25.2. The molecular formula is C19H24F3NO7. The molecule has 1 fully saturated rings. The summed E-state index contributed by atoms with van der Waals surface area (Å²) in [5, 5.41) is 27.1. The molecule has 2 rings (SSSR count). The number of methoxy groups -OCH3 is 1. The molecule has 0 spiro atoms. The number of aliphatic carboxylic acids is 1. The third-order valence-corrected chi connectivity index (χ3v) is 4.84. The summed E-state index contributed by atoms with van der Waals surface area (Å²) in [6.45, 7) is -0.581. The van der Waals surface area contributed by atoms with Gasteiger partial charge in [0, 0.05) is 19.5 Å². The lowest BCUT2D eigenvalue weighted by Gasteiger charge is -2.43. The maximum Gasteiger partial charge on any atom is 0.389 e. The lowest BCUT2D eigenvalue weighted by Crippen LogP contribution is -2.58. The number of aliphatic hydroxyl groups is 1. The number of carbonyl (C=O) groups excluding carboxylic acids is 1. The summed E-state index contributed by atoms with van der Waals surface area (Å²) in [6.07, 6.45) is -7.80. The first-order chi connectivity index (χ1) is 14.0. The van der Waals surface area contributed by atoms with Crippen LogP contribution in [0.3, 0.4) is 0 Å². The van der Waals surface area contributed by atoms with E-state index in [1.165, 1.54) is 7.11 Å². The van der Waals surface area contributed by atoms with E-state index in [0.29, 0.717) is 11.3 Å². The Balaban J connectivity index is 0.00000141. The van der Waals surface area contributed by atoms with Crippen LogP contribution in [0, 0.1) is 5.41 Å². The van der Waals surface area contributed by atoms with Gasteiger partial charge in [-0.1, -0.05) is 12.1 Å². The number of carboxylic acid groups (broad SMARTS) is 2. The van der Waals surface area contributed by atoms with Crippen LogP contribution in [0.1, 0.15) is 24.8 Å². The second-order valence-corrected chi connectivity index (χ2v) is 6.83. The van der Waals surface area contributed by atoms with E-state index >= 15 is 0 Å². The summed E-state index contributed by atoms with van der Waals surface area (Å²) >= 11 is 0. The number of benzene rings is 1. The van der Waals surface area contributed by atoms with E-state index < -0.39 is 42.4 Å². The molecule has 0 aliphatic carbocycles. The number of halogens is 3. The quantitative estimate of drug-likeness (QED) is 0.584. The van der Waals surface area contributed by atoms with Gasteiger partial charge in [-0.2, -0.15) is 13.2 Å². The van der Waals surface area contributed by atoms with Crippen LogP contribution in [0.4, 0.5) is 13.2 Å². The molecule has 0 unspecified atom stereocenters. The Hall–Kier alpha value is -2.82. The van der Waals surface area contributed by atoms with E-state index in [2.05, 4.69) is 0 Å². The molecule has 30 heavy (non-hydrogen) atoms. The maximum absolute atomic E-state index is 12.4. The SMILES string of the molecule is COc1cccc(C[C@@]2(C(=O)O)CN(C(=O)CCC(F)(F)F)CC[C@@H]2O)c1.O=CO. The minimum absolute atomic E-state index is 0.0188. The van der Waals surface area contributed by atoms with Gasteiger partial charge in [-0.15, -0.1) is 0 Å². The molecule has 1 aliphatic rings. The summed E-state index contributed by atoms with van der Waals surface area (Å²) in [5.74, 6) is -1.56. The molecular weight excluding hydrogens is 411 g/mol. The highest BCUT2D eigenvalue weighted by molar-refractivity contribution is 5.80. The molecule has 1 amide bonds. The Bertz CT molecular complexity index is 741. The van der Waals surface area contributed by atoms with Gasteiger partial charge >= 0.3 is 12.1 Å². The number of ether oxygens (including phenoxy) is 1. The largest absolute Gasteiger partial charge is 0.497 e. The summed E-state index contributed by atoms with van der Waals surface area (Å²) in [7, 11) is 1.46. The molecule has 11 heteroatoms. The Morgan fingerprint density at radius 3 is 2.53 bits per heavy atom. The molecule has 0 saturated carbocycles. The Morgan fingerprint density at radius 1 is 1.37 bits per heavy atom. The number of piperidine rings is 1. The van der Waals surface area contributed by atoms with Crippen molar-refractivity contribution in [2.75, 3.05) is 20.2 Å². The summed E-state index contributed by atoms with van der Waals surface area (Å²) in [5.41, 5.74) is -1.11. The molecule has 2 atom stereocenters. The number of rotatable bonds is 6. The zero-order valence-corrected chi connectivity index (χ0v) is 16.3. The number of amides is 1. The van der Waals surface area contributed by atoms with Crippen LogP contribution in [0.25, 0.3) is 0 Å². The fourth-order valence-corrected chi connectivity index (χ4v) is 3.31.